The number of hydrogen-bond donors (Lipinski definition) is 1. The summed E-state index contributed by atoms with van der Waals surface area (Å²) in [5, 5.41) is 19.6. The molecule has 252 valence electrons. The topological polar surface area (TPSA) is 121 Å². The van der Waals surface area contributed by atoms with E-state index in [1.54, 1.807) is 30.6 Å². The van der Waals surface area contributed by atoms with Crippen LogP contribution in [-0.2, 0) is 16.0 Å². The molecule has 0 bridgehead atoms. The normalized spacial score (nSPS) is 24.1. The van der Waals surface area contributed by atoms with E-state index in [0.29, 0.717) is 70.3 Å². The maximum atomic E-state index is 13.7. The van der Waals surface area contributed by atoms with Gasteiger partial charge in [-0.15, -0.1) is 0 Å². The SMILES string of the molecule is CO[C@@H]1CN(C2CC(F)(F)C2)CC[C@@H]1n1ncc2c(-c3ccc4c(c3)OCC(=O)N4CC3N=CC(Cl)=CN3)c(C#N)c(CC(C)C)nc21. The van der Waals surface area contributed by atoms with Crippen LogP contribution < -0.4 is 15.0 Å². The van der Waals surface area contributed by atoms with Crippen molar-refractivity contribution in [3.63, 3.8) is 0 Å². The molecule has 1 aliphatic carbocycles. The van der Waals surface area contributed by atoms with E-state index >= 15 is 0 Å². The molecule has 1 saturated heterocycles. The number of anilines is 1. The van der Waals surface area contributed by atoms with E-state index in [0.717, 1.165) is 5.56 Å². The Bertz CT molecular complexity index is 1850. The van der Waals surface area contributed by atoms with Crippen LogP contribution in [-0.4, -0.2) is 89.4 Å². The van der Waals surface area contributed by atoms with E-state index in [1.165, 1.54) is 0 Å². The number of aromatic nitrogens is 3. The van der Waals surface area contributed by atoms with Gasteiger partial charge in [-0.3, -0.25) is 14.7 Å². The van der Waals surface area contributed by atoms with E-state index < -0.39 is 5.92 Å². The fourth-order valence-electron chi connectivity index (χ4n) is 7.21. The standard InChI is InChI=1S/C34H37ClF2N8O3/c1-19(2)8-25-23(12-38)32(20-4-5-26-28(9-20)48-18-31(46)44(26)17-30-39-13-21(35)14-40-30)24-15-41-45(33(24)42-25)27-6-7-43(16-29(27)47-3)22-10-34(36,37)11-22/h4-5,9,13-15,19,22,27,29-30,39H,6-8,10-11,16-18H2,1-3H3/t27-,29+,30?/m0/s1. The van der Waals surface area contributed by atoms with Crippen molar-refractivity contribution in [1.82, 2.24) is 25.0 Å². The molecular formula is C34H37ClF2N8O3. The minimum absolute atomic E-state index is 0.118. The second kappa shape index (κ2) is 12.7. The number of likely N-dealkylation sites (tertiary alicyclic amines) is 1. The molecule has 3 atom stereocenters. The van der Waals surface area contributed by atoms with Crippen molar-refractivity contribution in [2.45, 2.75) is 69.8 Å². The number of nitrogens with zero attached hydrogens (tertiary/aromatic N) is 7. The molecule has 1 unspecified atom stereocenters. The molecule has 5 heterocycles. The van der Waals surface area contributed by atoms with Crippen LogP contribution in [0.1, 0.15) is 50.4 Å². The number of pyridine rings is 1. The Balaban J connectivity index is 1.26. The number of piperidine rings is 1. The van der Waals surface area contributed by atoms with Crippen molar-refractivity contribution in [2.24, 2.45) is 10.9 Å². The van der Waals surface area contributed by atoms with E-state index in [9.17, 15) is 18.8 Å². The third kappa shape index (κ3) is 6.01. The Labute approximate surface area is 282 Å². The number of nitriles is 1. The molecule has 2 aromatic heterocycles. The Hall–Kier alpha value is -4.12. The largest absolute Gasteiger partial charge is 0.482 e. The molecule has 0 spiro atoms. The van der Waals surface area contributed by atoms with Gasteiger partial charge >= 0.3 is 0 Å². The van der Waals surface area contributed by atoms with Gasteiger partial charge in [-0.05, 0) is 36.5 Å². The summed E-state index contributed by atoms with van der Waals surface area (Å²) in [5.41, 5.74) is 3.81. The highest BCUT2D eigenvalue weighted by Gasteiger charge is 2.49. The molecule has 1 N–H and O–H groups in total. The molecule has 14 heteroatoms. The first-order chi connectivity index (χ1) is 23.0. The molecule has 1 saturated carbocycles. The monoisotopic (exact) mass is 678 g/mol. The molecule has 4 aliphatic rings. The summed E-state index contributed by atoms with van der Waals surface area (Å²) >= 11 is 5.99. The number of hydrogen-bond acceptors (Lipinski definition) is 9. The zero-order chi connectivity index (χ0) is 33.7. The van der Waals surface area contributed by atoms with E-state index in [1.807, 2.05) is 22.9 Å². The fourth-order valence-corrected chi connectivity index (χ4v) is 7.33. The van der Waals surface area contributed by atoms with Crippen LogP contribution in [0.2, 0.25) is 0 Å². The number of halogens is 3. The number of nitrogens with one attached hydrogen (secondary N) is 1. The van der Waals surface area contributed by atoms with Gasteiger partial charge in [-0.25, -0.2) is 18.4 Å². The Morgan fingerprint density at radius 3 is 2.79 bits per heavy atom. The third-order valence-corrected chi connectivity index (χ3v) is 9.83. The van der Waals surface area contributed by atoms with Crippen molar-refractivity contribution in [3.8, 4) is 22.9 Å². The highest BCUT2D eigenvalue weighted by atomic mass is 35.5. The Morgan fingerprint density at radius 2 is 2.10 bits per heavy atom. The van der Waals surface area contributed by atoms with Gasteiger partial charge in [0, 0.05) is 62.4 Å². The number of rotatable bonds is 8. The number of carbonyl (C=O) groups is 1. The van der Waals surface area contributed by atoms with Crippen LogP contribution in [0.25, 0.3) is 22.2 Å². The van der Waals surface area contributed by atoms with Gasteiger partial charge < -0.3 is 19.7 Å². The maximum Gasteiger partial charge on any atom is 0.265 e. The minimum Gasteiger partial charge on any atom is -0.482 e. The second-order valence-corrected chi connectivity index (χ2v) is 13.8. The first-order valence-corrected chi connectivity index (χ1v) is 16.6. The van der Waals surface area contributed by atoms with Crippen molar-refractivity contribution < 1.29 is 23.0 Å². The van der Waals surface area contributed by atoms with Crippen LogP contribution in [0.5, 0.6) is 5.75 Å². The van der Waals surface area contributed by atoms with Gasteiger partial charge in [-0.1, -0.05) is 31.5 Å². The highest BCUT2D eigenvalue weighted by molar-refractivity contribution is 6.39. The Morgan fingerprint density at radius 1 is 1.29 bits per heavy atom. The number of amides is 1. The first kappa shape index (κ1) is 32.4. The van der Waals surface area contributed by atoms with Gasteiger partial charge in [0.1, 0.15) is 18.0 Å². The molecule has 2 fully saturated rings. The van der Waals surface area contributed by atoms with E-state index in [2.05, 4.69) is 35.1 Å². The van der Waals surface area contributed by atoms with Gasteiger partial charge in [0.25, 0.3) is 11.8 Å². The summed E-state index contributed by atoms with van der Waals surface area (Å²) in [7, 11) is 1.64. The van der Waals surface area contributed by atoms with Crippen LogP contribution in [0.15, 0.2) is 40.6 Å². The summed E-state index contributed by atoms with van der Waals surface area (Å²) in [6.07, 6.45) is 5.30. The molecule has 11 nitrogen and oxygen atoms in total. The van der Waals surface area contributed by atoms with Gasteiger partial charge in [0.2, 0.25) is 0 Å². The summed E-state index contributed by atoms with van der Waals surface area (Å²) in [5.74, 6) is -2.03. The lowest BCUT2D eigenvalue weighted by Crippen LogP contribution is -2.56. The molecule has 1 aromatic carbocycles. The number of benzene rings is 1. The average Bonchev–Trinajstić information content (AvgIpc) is 3.47. The van der Waals surface area contributed by atoms with Crippen molar-refractivity contribution >= 4 is 40.4 Å². The third-order valence-electron chi connectivity index (χ3n) is 9.63. The summed E-state index contributed by atoms with van der Waals surface area (Å²) < 4.78 is 41.1. The number of carbonyl (C=O) groups excluding carboxylic acids is 1. The summed E-state index contributed by atoms with van der Waals surface area (Å²) in [6.45, 7) is 5.48. The number of aliphatic imine (C=N–C) groups is 1. The molecule has 1 amide bonds. The van der Waals surface area contributed by atoms with Crippen molar-refractivity contribution in [3.05, 3.63) is 46.9 Å². The van der Waals surface area contributed by atoms with Crippen LogP contribution in [0.3, 0.4) is 0 Å². The highest BCUT2D eigenvalue weighted by Crippen LogP contribution is 2.44. The van der Waals surface area contributed by atoms with Crippen LogP contribution in [0, 0.1) is 17.2 Å². The number of ether oxygens (including phenoxy) is 2. The van der Waals surface area contributed by atoms with Crippen LogP contribution in [0.4, 0.5) is 14.5 Å². The lowest BCUT2D eigenvalue weighted by molar-refractivity contribution is -0.139. The van der Waals surface area contributed by atoms with E-state index in [-0.39, 0.29) is 62.2 Å². The van der Waals surface area contributed by atoms with Gasteiger partial charge in [-0.2, -0.15) is 10.4 Å². The lowest BCUT2D eigenvalue weighted by Gasteiger charge is -2.47. The van der Waals surface area contributed by atoms with Gasteiger partial charge in [0.15, 0.2) is 12.3 Å². The number of fused-ring (bicyclic) bond motifs is 2. The smallest absolute Gasteiger partial charge is 0.265 e. The number of methoxy groups -OCH3 is 1. The Kier molecular flexibility index (Phi) is 8.60. The molecule has 3 aliphatic heterocycles. The fraction of sp³-hybridized carbons (Fsp3) is 0.500. The number of allylic oxidation sites excluding steroid dienone is 1. The van der Waals surface area contributed by atoms with Gasteiger partial charge in [0.05, 0.1) is 46.9 Å². The maximum absolute atomic E-state index is 13.7. The molecular weight excluding hydrogens is 642 g/mol. The summed E-state index contributed by atoms with van der Waals surface area (Å²) in [4.78, 5) is 26.1. The number of alkyl halides is 2. The molecule has 7 rings (SSSR count). The van der Waals surface area contributed by atoms with Crippen LogP contribution >= 0.6 is 11.6 Å². The average molecular weight is 679 g/mol. The quantitative estimate of drug-likeness (QED) is 0.352. The van der Waals surface area contributed by atoms with E-state index in [4.69, 9.17) is 31.2 Å². The summed E-state index contributed by atoms with van der Waals surface area (Å²) in [6, 6.07) is 7.69. The zero-order valence-electron chi connectivity index (χ0n) is 27.0. The van der Waals surface area contributed by atoms with Crippen molar-refractivity contribution in [1.29, 1.82) is 5.26 Å². The first-order valence-electron chi connectivity index (χ1n) is 16.2. The predicted molar refractivity (Wildman–Crippen MR) is 177 cm³/mol. The second-order valence-electron chi connectivity index (χ2n) is 13.4. The molecule has 3 aromatic rings. The van der Waals surface area contributed by atoms with Crippen molar-refractivity contribution in [2.75, 3.05) is 38.3 Å². The minimum atomic E-state index is -2.59. The molecule has 48 heavy (non-hydrogen) atoms. The predicted octanol–water partition coefficient (Wildman–Crippen LogP) is 5.03. The zero-order valence-corrected chi connectivity index (χ0v) is 27.8. The molecule has 0 radical (unpaired) electrons. The lowest BCUT2D eigenvalue weighted by atomic mass is 9.85.